The fourth-order valence-corrected chi connectivity index (χ4v) is 2.33. The summed E-state index contributed by atoms with van der Waals surface area (Å²) in [5.41, 5.74) is 0. The third kappa shape index (κ3) is 4.73. The Bertz CT molecular complexity index is 262. The highest BCUT2D eigenvalue weighted by molar-refractivity contribution is 5.87. The van der Waals surface area contributed by atoms with Crippen LogP contribution in [0.25, 0.3) is 0 Å². The molecule has 0 aromatic carbocycles. The molecule has 0 radical (unpaired) electrons. The van der Waals surface area contributed by atoms with Crippen molar-refractivity contribution in [2.75, 3.05) is 20.1 Å². The molecule has 98 valence electrons. The van der Waals surface area contributed by atoms with E-state index in [1.165, 1.54) is 6.92 Å². The molecule has 5 nitrogen and oxygen atoms in total. The summed E-state index contributed by atoms with van der Waals surface area (Å²) in [5.74, 6) is 0.113. The van der Waals surface area contributed by atoms with Crippen LogP contribution in [0.4, 0.5) is 0 Å². The van der Waals surface area contributed by atoms with Crippen LogP contribution in [0.2, 0.25) is 0 Å². The minimum absolute atomic E-state index is 0.0534. The molecule has 0 bridgehead atoms. The molecule has 1 atom stereocenters. The van der Waals surface area contributed by atoms with Crippen molar-refractivity contribution in [1.82, 2.24) is 16.0 Å². The Balaban J connectivity index is 2.48. The van der Waals surface area contributed by atoms with E-state index in [2.05, 4.69) is 16.0 Å². The molecule has 0 spiro atoms. The number of rotatable bonds is 6. The summed E-state index contributed by atoms with van der Waals surface area (Å²) in [6, 6.07) is -0.355. The smallest absolute Gasteiger partial charge is 0.242 e. The monoisotopic (exact) mass is 241 g/mol. The fraction of sp³-hybridized carbons (Fsp3) is 0.833. The van der Waals surface area contributed by atoms with E-state index in [0.717, 1.165) is 32.2 Å². The standard InChI is InChI=1S/C12H23N3O2/c1-9(16)15-11(10-5-3-4-6-10)12(17)14-8-7-13-2/h10-11,13H,3-8H2,1-2H3,(H,14,17)(H,15,16). The van der Waals surface area contributed by atoms with Gasteiger partial charge in [0.1, 0.15) is 6.04 Å². The van der Waals surface area contributed by atoms with Crippen LogP contribution in [0.15, 0.2) is 0 Å². The van der Waals surface area contributed by atoms with Gasteiger partial charge in [0.15, 0.2) is 0 Å². The second-order valence-electron chi connectivity index (χ2n) is 4.62. The van der Waals surface area contributed by atoms with E-state index in [0.29, 0.717) is 12.5 Å². The maximum atomic E-state index is 12.0. The molecule has 1 unspecified atom stereocenters. The number of hydrogen-bond acceptors (Lipinski definition) is 3. The number of nitrogens with one attached hydrogen (secondary N) is 3. The van der Waals surface area contributed by atoms with Crippen molar-refractivity contribution in [3.05, 3.63) is 0 Å². The third-order valence-electron chi connectivity index (χ3n) is 3.19. The van der Waals surface area contributed by atoms with Crippen LogP contribution in [-0.2, 0) is 9.59 Å². The lowest BCUT2D eigenvalue weighted by Crippen LogP contribution is -2.50. The molecule has 0 aliphatic heterocycles. The van der Waals surface area contributed by atoms with Crippen molar-refractivity contribution in [3.63, 3.8) is 0 Å². The first kappa shape index (κ1) is 14.0. The van der Waals surface area contributed by atoms with E-state index in [9.17, 15) is 9.59 Å². The van der Waals surface area contributed by atoms with Crippen LogP contribution >= 0.6 is 0 Å². The topological polar surface area (TPSA) is 70.2 Å². The van der Waals surface area contributed by atoms with Crippen molar-refractivity contribution >= 4 is 11.8 Å². The Hall–Kier alpha value is -1.10. The van der Waals surface area contributed by atoms with Gasteiger partial charge >= 0.3 is 0 Å². The highest BCUT2D eigenvalue weighted by atomic mass is 16.2. The molecule has 3 N–H and O–H groups in total. The summed E-state index contributed by atoms with van der Waals surface area (Å²) in [6.07, 6.45) is 4.38. The maximum absolute atomic E-state index is 12.0. The van der Waals surface area contributed by atoms with Crippen molar-refractivity contribution in [3.8, 4) is 0 Å². The summed E-state index contributed by atoms with van der Waals surface area (Å²) < 4.78 is 0. The first-order valence-electron chi connectivity index (χ1n) is 6.34. The zero-order valence-electron chi connectivity index (χ0n) is 10.7. The minimum atomic E-state index is -0.355. The average molecular weight is 241 g/mol. The van der Waals surface area contributed by atoms with Crippen LogP contribution in [0.3, 0.4) is 0 Å². The van der Waals surface area contributed by atoms with Gasteiger partial charge in [0, 0.05) is 20.0 Å². The van der Waals surface area contributed by atoms with Gasteiger partial charge in [-0.3, -0.25) is 9.59 Å². The van der Waals surface area contributed by atoms with Crippen molar-refractivity contribution < 1.29 is 9.59 Å². The van der Waals surface area contributed by atoms with Crippen molar-refractivity contribution in [2.45, 2.75) is 38.6 Å². The molecular weight excluding hydrogens is 218 g/mol. The number of carbonyl (C=O) groups excluding carboxylic acids is 2. The van der Waals surface area contributed by atoms with Gasteiger partial charge in [-0.25, -0.2) is 0 Å². The minimum Gasteiger partial charge on any atom is -0.353 e. The van der Waals surface area contributed by atoms with E-state index in [1.54, 1.807) is 0 Å². The molecule has 1 saturated carbocycles. The van der Waals surface area contributed by atoms with Crippen LogP contribution in [0.5, 0.6) is 0 Å². The molecule has 0 aromatic heterocycles. The first-order valence-corrected chi connectivity index (χ1v) is 6.34. The highest BCUT2D eigenvalue weighted by Gasteiger charge is 2.30. The van der Waals surface area contributed by atoms with Gasteiger partial charge < -0.3 is 16.0 Å². The van der Waals surface area contributed by atoms with Crippen molar-refractivity contribution in [1.29, 1.82) is 0 Å². The normalized spacial score (nSPS) is 17.8. The predicted molar refractivity (Wildman–Crippen MR) is 66.5 cm³/mol. The summed E-state index contributed by atoms with van der Waals surface area (Å²) in [5, 5.41) is 8.60. The molecule has 1 aliphatic rings. The Labute approximate surface area is 103 Å². The molecule has 17 heavy (non-hydrogen) atoms. The maximum Gasteiger partial charge on any atom is 0.242 e. The van der Waals surface area contributed by atoms with Crippen LogP contribution in [0.1, 0.15) is 32.6 Å². The molecule has 0 aromatic rings. The zero-order valence-corrected chi connectivity index (χ0v) is 10.7. The van der Waals surface area contributed by atoms with Crippen LogP contribution in [0, 0.1) is 5.92 Å². The van der Waals surface area contributed by atoms with Gasteiger partial charge in [-0.15, -0.1) is 0 Å². The zero-order chi connectivity index (χ0) is 12.7. The van der Waals surface area contributed by atoms with Gasteiger partial charge in [0.2, 0.25) is 11.8 Å². The molecule has 0 saturated heterocycles. The van der Waals surface area contributed by atoms with Gasteiger partial charge in [0.05, 0.1) is 0 Å². The lowest BCUT2D eigenvalue weighted by Gasteiger charge is -2.23. The van der Waals surface area contributed by atoms with E-state index in [-0.39, 0.29) is 17.9 Å². The quantitative estimate of drug-likeness (QED) is 0.574. The number of hydrogen-bond donors (Lipinski definition) is 3. The van der Waals surface area contributed by atoms with E-state index >= 15 is 0 Å². The van der Waals surface area contributed by atoms with Gasteiger partial charge in [-0.2, -0.15) is 0 Å². The Morgan fingerprint density at radius 3 is 2.41 bits per heavy atom. The van der Waals surface area contributed by atoms with Crippen LogP contribution in [-0.4, -0.2) is 38.0 Å². The molecule has 1 rings (SSSR count). The fourth-order valence-electron chi connectivity index (χ4n) is 2.33. The number of carbonyl (C=O) groups is 2. The summed E-state index contributed by atoms with van der Waals surface area (Å²) in [7, 11) is 1.84. The Kier molecular flexibility index (Phi) is 5.97. The molecule has 2 amide bonds. The molecule has 5 heteroatoms. The van der Waals surface area contributed by atoms with Gasteiger partial charge in [-0.05, 0) is 25.8 Å². The number of amides is 2. The summed E-state index contributed by atoms with van der Waals surface area (Å²) in [6.45, 7) is 2.80. The molecule has 0 heterocycles. The average Bonchev–Trinajstić information content (AvgIpc) is 2.79. The van der Waals surface area contributed by atoms with E-state index in [4.69, 9.17) is 0 Å². The number of likely N-dealkylation sites (N-methyl/N-ethyl adjacent to an activating group) is 1. The van der Waals surface area contributed by atoms with E-state index in [1.807, 2.05) is 7.05 Å². The summed E-state index contributed by atoms with van der Waals surface area (Å²) in [4.78, 5) is 23.1. The lowest BCUT2D eigenvalue weighted by atomic mass is 9.97. The Morgan fingerprint density at radius 1 is 1.24 bits per heavy atom. The lowest BCUT2D eigenvalue weighted by molar-refractivity contribution is -0.129. The van der Waals surface area contributed by atoms with Gasteiger partial charge in [-0.1, -0.05) is 12.8 Å². The second-order valence-corrected chi connectivity index (χ2v) is 4.62. The first-order chi connectivity index (χ1) is 8.15. The van der Waals surface area contributed by atoms with Gasteiger partial charge in [0.25, 0.3) is 0 Å². The van der Waals surface area contributed by atoms with Crippen LogP contribution < -0.4 is 16.0 Å². The highest BCUT2D eigenvalue weighted by Crippen LogP contribution is 2.27. The summed E-state index contributed by atoms with van der Waals surface area (Å²) >= 11 is 0. The largest absolute Gasteiger partial charge is 0.353 e. The molecular formula is C12H23N3O2. The van der Waals surface area contributed by atoms with Crippen molar-refractivity contribution in [2.24, 2.45) is 5.92 Å². The predicted octanol–water partition coefficient (Wildman–Crippen LogP) is 0.0169. The Morgan fingerprint density at radius 2 is 1.88 bits per heavy atom. The second kappa shape index (κ2) is 7.27. The van der Waals surface area contributed by atoms with E-state index < -0.39 is 0 Å². The third-order valence-corrected chi connectivity index (χ3v) is 3.19. The SMILES string of the molecule is CNCCNC(=O)C(NC(C)=O)C1CCCC1. The molecule has 1 fully saturated rings. The molecule has 1 aliphatic carbocycles.